The molecule has 6 nitrogen and oxygen atoms in total. The average Bonchev–Trinajstić information content (AvgIpc) is 4.29. The fraction of sp³-hybridized carbons (Fsp3) is 0.967. The predicted molar refractivity (Wildman–Crippen MR) is 300 cm³/mol. The lowest BCUT2D eigenvalue weighted by Gasteiger charge is -2.50. The molecular formula is C60H100N2O4S4. The zero-order valence-electron chi connectivity index (χ0n) is 44.4. The van der Waals surface area contributed by atoms with Crippen LogP contribution in [0.3, 0.4) is 0 Å². The summed E-state index contributed by atoms with van der Waals surface area (Å²) >= 11 is 9.60. The molecule has 6 atom stereocenters. The molecule has 10 aliphatic rings. The van der Waals surface area contributed by atoms with Gasteiger partial charge in [0.2, 0.25) is 0 Å². The maximum atomic E-state index is 12.0. The zero-order chi connectivity index (χ0) is 47.8. The molecule has 6 aliphatic carbocycles. The molecule has 0 aromatic carbocycles. The highest BCUT2D eigenvalue weighted by atomic mass is 32.2. The number of esters is 2. The van der Waals surface area contributed by atoms with E-state index in [4.69, 9.17) is 9.47 Å². The van der Waals surface area contributed by atoms with Crippen molar-refractivity contribution in [1.29, 1.82) is 0 Å². The second-order valence-corrected chi connectivity index (χ2v) is 31.1. The number of thioether (sulfide) groups is 4. The molecule has 4 saturated heterocycles. The molecule has 10 fully saturated rings. The highest BCUT2D eigenvalue weighted by Gasteiger charge is 2.46. The monoisotopic (exact) mass is 1040 g/mol. The standard InChI is InChI=1S/C60H100N2O4S4/c1-65-59(63)37-11-41-7-21-47(22-8-41)61(49-25-13-43(14-26-49)53-5-3-39-67-53)51-29-17-45(18-30-51)55-33-35-57(69-55)58-36-34-56(70-58)46-19-31-52(32-20-46)62(48-23-9-42(10-24-48)12-38-60(64)66-2)50-27-15-44(16-28-50)54-6-4-40-68-54/h41-58H,3-40H2,1-2H3. The van der Waals surface area contributed by atoms with Crippen molar-refractivity contribution < 1.29 is 19.1 Å². The van der Waals surface area contributed by atoms with Gasteiger partial charge in [-0.1, -0.05) is 0 Å². The Kier molecular flexibility index (Phi) is 20.3. The first kappa shape index (κ1) is 53.6. The lowest BCUT2D eigenvalue weighted by Crippen LogP contribution is -2.53. The molecule has 0 aromatic rings. The van der Waals surface area contributed by atoms with Gasteiger partial charge in [0.15, 0.2) is 0 Å². The molecule has 6 saturated carbocycles. The Morgan fingerprint density at radius 1 is 0.357 bits per heavy atom. The molecule has 398 valence electrons. The van der Waals surface area contributed by atoms with Gasteiger partial charge in [-0.05, 0) is 265 Å². The van der Waals surface area contributed by atoms with Gasteiger partial charge in [-0.2, -0.15) is 47.0 Å². The lowest BCUT2D eigenvalue weighted by atomic mass is 9.76. The van der Waals surface area contributed by atoms with Crippen LogP contribution in [0.25, 0.3) is 0 Å². The van der Waals surface area contributed by atoms with Gasteiger partial charge in [-0.25, -0.2) is 0 Å². The van der Waals surface area contributed by atoms with Crippen molar-refractivity contribution in [2.75, 3.05) is 25.7 Å². The summed E-state index contributed by atoms with van der Waals surface area (Å²) in [5, 5.41) is 5.57. The molecule has 6 unspecified atom stereocenters. The van der Waals surface area contributed by atoms with Crippen LogP contribution >= 0.6 is 47.0 Å². The minimum atomic E-state index is -0.0212. The van der Waals surface area contributed by atoms with Gasteiger partial charge in [-0.15, -0.1) is 0 Å². The van der Waals surface area contributed by atoms with Crippen LogP contribution < -0.4 is 0 Å². The number of methoxy groups -OCH3 is 2. The van der Waals surface area contributed by atoms with Crippen molar-refractivity contribution >= 4 is 59.0 Å². The van der Waals surface area contributed by atoms with Crippen LogP contribution in [0, 0.1) is 35.5 Å². The van der Waals surface area contributed by atoms with E-state index in [1.54, 1.807) is 14.2 Å². The molecule has 0 radical (unpaired) electrons. The maximum absolute atomic E-state index is 12.0. The van der Waals surface area contributed by atoms with Crippen LogP contribution in [0.2, 0.25) is 0 Å². The van der Waals surface area contributed by atoms with Gasteiger partial charge in [0.05, 0.1) is 14.2 Å². The zero-order valence-corrected chi connectivity index (χ0v) is 47.7. The van der Waals surface area contributed by atoms with Crippen LogP contribution in [0.4, 0.5) is 0 Å². The molecule has 0 N–H and O–H groups in total. The Bertz CT molecular complexity index is 1460. The van der Waals surface area contributed by atoms with Crippen molar-refractivity contribution in [3.05, 3.63) is 0 Å². The Labute approximate surface area is 445 Å². The molecule has 0 amide bonds. The lowest BCUT2D eigenvalue weighted by molar-refractivity contribution is -0.141. The van der Waals surface area contributed by atoms with Crippen molar-refractivity contribution in [2.45, 2.75) is 299 Å². The number of carbonyl (C=O) groups is 2. The van der Waals surface area contributed by atoms with E-state index in [2.05, 4.69) is 56.8 Å². The highest BCUT2D eigenvalue weighted by Crippen LogP contribution is 2.54. The molecule has 0 spiro atoms. The normalized spacial score (nSPS) is 43.1. The topological polar surface area (TPSA) is 59.1 Å². The second-order valence-electron chi connectivity index (χ2n) is 25.4. The first-order valence-electron chi connectivity index (χ1n) is 30.6. The molecule has 4 heterocycles. The van der Waals surface area contributed by atoms with Gasteiger partial charge in [0.25, 0.3) is 0 Å². The van der Waals surface area contributed by atoms with Crippen molar-refractivity contribution in [1.82, 2.24) is 9.80 Å². The summed E-state index contributed by atoms with van der Waals surface area (Å²) in [6.07, 6.45) is 49.2. The van der Waals surface area contributed by atoms with Crippen LogP contribution in [-0.2, 0) is 19.1 Å². The largest absolute Gasteiger partial charge is 0.469 e. The van der Waals surface area contributed by atoms with E-state index in [9.17, 15) is 9.59 Å². The number of hydrogen-bond acceptors (Lipinski definition) is 10. The van der Waals surface area contributed by atoms with E-state index in [0.29, 0.717) is 24.7 Å². The van der Waals surface area contributed by atoms with Crippen LogP contribution in [0.1, 0.15) is 231 Å². The predicted octanol–water partition coefficient (Wildman–Crippen LogP) is 15.2. The number of rotatable bonds is 17. The summed E-state index contributed by atoms with van der Waals surface area (Å²) in [7, 11) is 3.09. The van der Waals surface area contributed by atoms with Crippen molar-refractivity contribution in [3.8, 4) is 0 Å². The Morgan fingerprint density at radius 3 is 0.929 bits per heavy atom. The Hall–Kier alpha value is 0.260. The third-order valence-corrected chi connectivity index (χ3v) is 28.8. The summed E-state index contributed by atoms with van der Waals surface area (Å²) in [5.74, 6) is 8.06. The van der Waals surface area contributed by atoms with E-state index in [-0.39, 0.29) is 11.9 Å². The first-order valence-corrected chi connectivity index (χ1v) is 34.6. The number of carbonyl (C=O) groups excluding carboxylic acids is 2. The van der Waals surface area contributed by atoms with Gasteiger partial charge in [-0.3, -0.25) is 19.4 Å². The van der Waals surface area contributed by atoms with E-state index < -0.39 is 0 Å². The molecule has 0 bridgehead atoms. The van der Waals surface area contributed by atoms with Crippen molar-refractivity contribution in [2.24, 2.45) is 35.5 Å². The maximum Gasteiger partial charge on any atom is 0.305 e. The van der Waals surface area contributed by atoms with Crippen molar-refractivity contribution in [3.63, 3.8) is 0 Å². The van der Waals surface area contributed by atoms with Gasteiger partial charge in [0.1, 0.15) is 0 Å². The fourth-order valence-electron chi connectivity index (χ4n) is 17.8. The van der Waals surface area contributed by atoms with E-state index in [1.165, 1.54) is 217 Å². The number of nitrogens with zero attached hydrogens (tertiary/aromatic N) is 2. The third kappa shape index (κ3) is 13.7. The van der Waals surface area contributed by atoms with E-state index in [1.807, 2.05) is 0 Å². The van der Waals surface area contributed by atoms with Crippen LogP contribution in [0.5, 0.6) is 0 Å². The Balaban J connectivity index is 0.686. The molecule has 0 aromatic heterocycles. The first-order chi connectivity index (χ1) is 34.4. The summed E-state index contributed by atoms with van der Waals surface area (Å²) in [5.41, 5.74) is 0. The quantitative estimate of drug-likeness (QED) is 0.132. The highest BCUT2D eigenvalue weighted by molar-refractivity contribution is 8.04. The van der Waals surface area contributed by atoms with Gasteiger partial charge < -0.3 is 9.47 Å². The molecule has 4 aliphatic heterocycles. The fourth-order valence-corrected chi connectivity index (χ4v) is 24.8. The van der Waals surface area contributed by atoms with Crippen LogP contribution in [0.15, 0.2) is 0 Å². The Morgan fingerprint density at radius 2 is 0.643 bits per heavy atom. The van der Waals surface area contributed by atoms with Crippen LogP contribution in [-0.4, -0.2) is 115 Å². The molecule has 10 heteroatoms. The second kappa shape index (κ2) is 26.5. The summed E-state index contributed by atoms with van der Waals surface area (Å²) in [6, 6.07) is 4.78. The molecule has 70 heavy (non-hydrogen) atoms. The summed E-state index contributed by atoms with van der Waals surface area (Å²) in [4.78, 5) is 30.3. The molecular weight excluding hydrogens is 941 g/mol. The van der Waals surface area contributed by atoms with Gasteiger partial charge in [0, 0.05) is 80.6 Å². The summed E-state index contributed by atoms with van der Waals surface area (Å²) in [6.45, 7) is 0. The minimum absolute atomic E-state index is 0.0212. The summed E-state index contributed by atoms with van der Waals surface area (Å²) < 4.78 is 10.0. The smallest absolute Gasteiger partial charge is 0.305 e. The SMILES string of the molecule is COC(=O)CCC1CCC(N(C2CCC(C3CCCS3)CC2)C2CCC(C3CCC(C4CCC(C5CCC(N(C6CCC(CCC(=O)OC)CC6)C6CCC(C7CCCS7)CC6)CC5)S4)S3)CC2)CC1. The number of hydrogen-bond donors (Lipinski definition) is 0. The van der Waals surface area contributed by atoms with E-state index in [0.717, 1.165) is 104 Å². The number of ether oxygens (including phenoxy) is 2. The molecule has 10 rings (SSSR count). The van der Waals surface area contributed by atoms with E-state index >= 15 is 0 Å². The van der Waals surface area contributed by atoms with Gasteiger partial charge >= 0.3 is 11.9 Å². The third-order valence-electron chi connectivity index (χ3n) is 21.7. The minimum Gasteiger partial charge on any atom is -0.469 e. The average molecular weight is 1040 g/mol.